The molecule has 1 aromatic rings. The largest absolute Gasteiger partial charge is 0.494 e. The highest BCUT2D eigenvalue weighted by Gasteiger charge is 2.21. The Morgan fingerprint density at radius 2 is 2.05 bits per heavy atom. The lowest BCUT2D eigenvalue weighted by atomic mass is 9.94. The molecule has 0 spiro atoms. The third kappa shape index (κ3) is 4.35. The van der Waals surface area contributed by atoms with E-state index in [4.69, 9.17) is 4.74 Å². The Morgan fingerprint density at radius 3 is 2.81 bits per heavy atom. The quantitative estimate of drug-likeness (QED) is 0.925. The van der Waals surface area contributed by atoms with Crippen LogP contribution in [0.5, 0.6) is 5.75 Å². The second-order valence-corrected chi connectivity index (χ2v) is 6.04. The first-order valence-corrected chi connectivity index (χ1v) is 8.03. The Labute approximate surface area is 134 Å². The van der Waals surface area contributed by atoms with Gasteiger partial charge in [0.2, 0.25) is 0 Å². The molecule has 21 heavy (non-hydrogen) atoms. The van der Waals surface area contributed by atoms with E-state index in [0.29, 0.717) is 0 Å². The maximum atomic E-state index is 5.60. The molecule has 2 aliphatic rings. The molecule has 0 atom stereocenters. The lowest BCUT2D eigenvalue weighted by molar-refractivity contribution is 0.191. The van der Waals surface area contributed by atoms with Crippen molar-refractivity contribution in [3.63, 3.8) is 0 Å². The van der Waals surface area contributed by atoms with Crippen LogP contribution >= 0.6 is 12.4 Å². The first kappa shape index (κ1) is 16.6. The minimum absolute atomic E-state index is 0. The van der Waals surface area contributed by atoms with Gasteiger partial charge in [-0.15, -0.1) is 12.4 Å². The topological polar surface area (TPSA) is 24.5 Å². The van der Waals surface area contributed by atoms with Gasteiger partial charge in [0.25, 0.3) is 0 Å². The molecule has 2 heterocycles. The van der Waals surface area contributed by atoms with Gasteiger partial charge in [-0.05, 0) is 68.5 Å². The van der Waals surface area contributed by atoms with Crippen LogP contribution in [0.25, 0.3) is 0 Å². The van der Waals surface area contributed by atoms with Crippen molar-refractivity contribution in [2.45, 2.75) is 32.7 Å². The van der Waals surface area contributed by atoms with Crippen LogP contribution in [-0.4, -0.2) is 37.7 Å². The highest BCUT2D eigenvalue weighted by Crippen LogP contribution is 2.25. The normalized spacial score (nSPS) is 19.7. The van der Waals surface area contributed by atoms with Crippen LogP contribution in [0.15, 0.2) is 18.2 Å². The Balaban J connectivity index is 0.00000161. The number of halogens is 1. The molecule has 3 nitrogen and oxygen atoms in total. The zero-order chi connectivity index (χ0) is 13.8. The van der Waals surface area contributed by atoms with Crippen molar-refractivity contribution in [1.29, 1.82) is 0 Å². The van der Waals surface area contributed by atoms with Crippen LogP contribution < -0.4 is 10.1 Å². The third-order valence-electron chi connectivity index (χ3n) is 4.56. The van der Waals surface area contributed by atoms with E-state index in [1.165, 1.54) is 56.6 Å². The number of ether oxygens (including phenoxy) is 1. The first-order valence-electron chi connectivity index (χ1n) is 8.03. The van der Waals surface area contributed by atoms with Crippen molar-refractivity contribution in [2.24, 2.45) is 5.92 Å². The average Bonchev–Trinajstić information content (AvgIpc) is 2.49. The molecule has 1 saturated heterocycles. The SMILES string of the molecule is CCOc1ccc2c(c1)CCN(CC1CCNCC1)C2.Cl. The van der Waals surface area contributed by atoms with Gasteiger partial charge in [0.05, 0.1) is 6.61 Å². The minimum atomic E-state index is 0. The Hall–Kier alpha value is -0.770. The molecule has 0 saturated carbocycles. The fraction of sp³-hybridized carbons (Fsp3) is 0.647. The summed E-state index contributed by atoms with van der Waals surface area (Å²) < 4.78 is 5.60. The van der Waals surface area contributed by atoms with Crippen molar-refractivity contribution in [2.75, 3.05) is 32.8 Å². The number of nitrogens with one attached hydrogen (secondary N) is 1. The van der Waals surface area contributed by atoms with Crippen molar-refractivity contribution < 1.29 is 4.74 Å². The summed E-state index contributed by atoms with van der Waals surface area (Å²) in [4.78, 5) is 2.64. The summed E-state index contributed by atoms with van der Waals surface area (Å²) in [6.07, 6.45) is 3.85. The Bertz CT molecular complexity index is 446. The summed E-state index contributed by atoms with van der Waals surface area (Å²) in [5, 5.41) is 3.45. The van der Waals surface area contributed by atoms with E-state index in [0.717, 1.165) is 24.8 Å². The molecule has 0 amide bonds. The molecule has 0 aliphatic carbocycles. The van der Waals surface area contributed by atoms with E-state index >= 15 is 0 Å². The summed E-state index contributed by atoms with van der Waals surface area (Å²) in [6, 6.07) is 6.62. The Kier molecular flexibility index (Phi) is 6.34. The van der Waals surface area contributed by atoms with Crippen molar-refractivity contribution in [3.05, 3.63) is 29.3 Å². The summed E-state index contributed by atoms with van der Waals surface area (Å²) >= 11 is 0. The highest BCUT2D eigenvalue weighted by molar-refractivity contribution is 5.85. The zero-order valence-electron chi connectivity index (χ0n) is 12.9. The van der Waals surface area contributed by atoms with Gasteiger partial charge >= 0.3 is 0 Å². The molecule has 0 bridgehead atoms. The fourth-order valence-electron chi connectivity index (χ4n) is 3.43. The predicted octanol–water partition coefficient (Wildman–Crippen LogP) is 2.86. The minimum Gasteiger partial charge on any atom is -0.494 e. The van der Waals surface area contributed by atoms with Crippen LogP contribution in [0, 0.1) is 5.92 Å². The van der Waals surface area contributed by atoms with Crippen LogP contribution in [0.2, 0.25) is 0 Å². The van der Waals surface area contributed by atoms with E-state index in [-0.39, 0.29) is 12.4 Å². The summed E-state index contributed by atoms with van der Waals surface area (Å²) in [7, 11) is 0. The molecule has 0 aromatic heterocycles. The monoisotopic (exact) mass is 310 g/mol. The molecule has 0 unspecified atom stereocenters. The average molecular weight is 311 g/mol. The van der Waals surface area contributed by atoms with E-state index in [2.05, 4.69) is 28.4 Å². The summed E-state index contributed by atoms with van der Waals surface area (Å²) in [5.74, 6) is 1.92. The lowest BCUT2D eigenvalue weighted by Crippen LogP contribution is -2.38. The molecule has 3 rings (SSSR count). The summed E-state index contributed by atoms with van der Waals surface area (Å²) in [5.41, 5.74) is 2.98. The van der Waals surface area contributed by atoms with Gasteiger partial charge in [-0.1, -0.05) is 6.07 Å². The molecule has 1 aromatic carbocycles. The van der Waals surface area contributed by atoms with Gasteiger partial charge in [-0.25, -0.2) is 0 Å². The van der Waals surface area contributed by atoms with Crippen LogP contribution in [0.3, 0.4) is 0 Å². The second kappa shape index (κ2) is 8.02. The second-order valence-electron chi connectivity index (χ2n) is 6.04. The third-order valence-corrected chi connectivity index (χ3v) is 4.56. The molecular formula is C17H27ClN2O. The van der Waals surface area contributed by atoms with Crippen molar-refractivity contribution >= 4 is 12.4 Å². The van der Waals surface area contributed by atoms with E-state index in [1.807, 2.05) is 6.92 Å². The molecule has 0 radical (unpaired) electrons. The molecule has 2 aliphatic heterocycles. The number of hydrogen-bond acceptors (Lipinski definition) is 3. The number of nitrogens with zero attached hydrogens (tertiary/aromatic N) is 1. The highest BCUT2D eigenvalue weighted by atomic mass is 35.5. The van der Waals surface area contributed by atoms with Crippen LogP contribution in [0.4, 0.5) is 0 Å². The molecule has 1 fully saturated rings. The molecule has 118 valence electrons. The zero-order valence-corrected chi connectivity index (χ0v) is 13.8. The van der Waals surface area contributed by atoms with Crippen LogP contribution in [-0.2, 0) is 13.0 Å². The summed E-state index contributed by atoms with van der Waals surface area (Å²) in [6.45, 7) is 8.78. The lowest BCUT2D eigenvalue weighted by Gasteiger charge is -2.33. The van der Waals surface area contributed by atoms with Gasteiger partial charge in [0.1, 0.15) is 5.75 Å². The number of piperidine rings is 1. The maximum absolute atomic E-state index is 5.60. The Morgan fingerprint density at radius 1 is 1.24 bits per heavy atom. The van der Waals surface area contributed by atoms with Gasteiger partial charge in [-0.2, -0.15) is 0 Å². The number of rotatable bonds is 4. The van der Waals surface area contributed by atoms with Crippen LogP contribution in [0.1, 0.15) is 30.9 Å². The number of hydrogen-bond donors (Lipinski definition) is 1. The van der Waals surface area contributed by atoms with Gasteiger partial charge in [0, 0.05) is 19.6 Å². The van der Waals surface area contributed by atoms with Crippen molar-refractivity contribution in [3.8, 4) is 5.75 Å². The maximum Gasteiger partial charge on any atom is 0.119 e. The van der Waals surface area contributed by atoms with Gasteiger partial charge < -0.3 is 10.1 Å². The smallest absolute Gasteiger partial charge is 0.119 e. The molecular weight excluding hydrogens is 284 g/mol. The van der Waals surface area contributed by atoms with Crippen molar-refractivity contribution in [1.82, 2.24) is 10.2 Å². The first-order chi connectivity index (χ1) is 9.85. The van der Waals surface area contributed by atoms with Gasteiger partial charge in [-0.3, -0.25) is 4.90 Å². The standard InChI is InChI=1S/C17H26N2O.ClH/c1-2-20-17-4-3-16-13-19(10-7-15(16)11-17)12-14-5-8-18-9-6-14;/h3-4,11,14,18H,2,5-10,12-13H2,1H3;1H. The van der Waals surface area contributed by atoms with Gasteiger partial charge in [0.15, 0.2) is 0 Å². The molecule has 4 heteroatoms. The predicted molar refractivity (Wildman–Crippen MR) is 89.4 cm³/mol. The van der Waals surface area contributed by atoms with E-state index < -0.39 is 0 Å². The van der Waals surface area contributed by atoms with E-state index in [1.54, 1.807) is 0 Å². The van der Waals surface area contributed by atoms with E-state index in [9.17, 15) is 0 Å². The fourth-order valence-corrected chi connectivity index (χ4v) is 3.43. The molecule has 1 N–H and O–H groups in total. The number of benzene rings is 1. The number of fused-ring (bicyclic) bond motifs is 1.